The lowest BCUT2D eigenvalue weighted by Gasteiger charge is -2.36. The van der Waals surface area contributed by atoms with Crippen LogP contribution in [0.25, 0.3) is 0 Å². The van der Waals surface area contributed by atoms with Crippen LogP contribution in [0.3, 0.4) is 0 Å². The fourth-order valence-electron chi connectivity index (χ4n) is 3.74. The van der Waals surface area contributed by atoms with Gasteiger partial charge in [-0.15, -0.1) is 0 Å². The summed E-state index contributed by atoms with van der Waals surface area (Å²) in [5.74, 6) is -0.837. The van der Waals surface area contributed by atoms with Gasteiger partial charge in [0.1, 0.15) is 11.7 Å². The van der Waals surface area contributed by atoms with E-state index in [1.807, 2.05) is 91.0 Å². The fraction of sp³-hybridized carbons (Fsp3) is 0.208. The summed E-state index contributed by atoms with van der Waals surface area (Å²) in [6.45, 7) is -0.0807. The summed E-state index contributed by atoms with van der Waals surface area (Å²) in [5.41, 5.74) is 1.72. The molecule has 1 saturated heterocycles. The highest BCUT2D eigenvalue weighted by Gasteiger charge is 2.45. The van der Waals surface area contributed by atoms with Crippen molar-refractivity contribution in [1.29, 1.82) is 0 Å². The molecule has 1 fully saturated rings. The van der Waals surface area contributed by atoms with Crippen molar-refractivity contribution in [3.05, 3.63) is 108 Å². The molecule has 0 spiro atoms. The van der Waals surface area contributed by atoms with E-state index in [2.05, 4.69) is 0 Å². The number of esters is 1. The molecule has 1 heterocycles. The molecule has 0 saturated carbocycles. The first kappa shape index (κ1) is 19.3. The van der Waals surface area contributed by atoms with Gasteiger partial charge in [-0.3, -0.25) is 0 Å². The van der Waals surface area contributed by atoms with Gasteiger partial charge >= 0.3 is 5.97 Å². The second kappa shape index (κ2) is 8.17. The quantitative estimate of drug-likeness (QED) is 0.500. The van der Waals surface area contributed by atoms with E-state index in [-0.39, 0.29) is 6.61 Å². The standard InChI is InChI=1S/C24H22O5/c25-21-20(29-23(27)22(21)26)16-28-24(17-10-4-1-5-11-17,18-12-6-2-7-13-18)19-14-8-3-9-15-19/h1-15,20-22,25-26H,16H2/t20-,21-,22-/m1/s1. The van der Waals surface area contributed by atoms with Crippen molar-refractivity contribution in [2.75, 3.05) is 6.61 Å². The third-order valence-electron chi connectivity index (χ3n) is 5.22. The first-order valence-electron chi connectivity index (χ1n) is 9.50. The van der Waals surface area contributed by atoms with Gasteiger partial charge in [0.25, 0.3) is 0 Å². The molecule has 0 aliphatic carbocycles. The highest BCUT2D eigenvalue weighted by molar-refractivity contribution is 5.77. The van der Waals surface area contributed by atoms with Crippen LogP contribution in [0.4, 0.5) is 0 Å². The normalized spacial score (nSPS) is 21.7. The van der Waals surface area contributed by atoms with Crippen LogP contribution in [-0.2, 0) is 19.9 Å². The molecule has 0 radical (unpaired) electrons. The zero-order valence-corrected chi connectivity index (χ0v) is 15.7. The Morgan fingerprint density at radius 1 is 0.759 bits per heavy atom. The molecule has 2 N–H and O–H groups in total. The summed E-state index contributed by atoms with van der Waals surface area (Å²) in [6, 6.07) is 29.3. The Morgan fingerprint density at radius 2 is 1.17 bits per heavy atom. The number of aliphatic hydroxyl groups excluding tert-OH is 2. The van der Waals surface area contributed by atoms with Gasteiger partial charge in [-0.2, -0.15) is 0 Å². The Labute approximate surface area is 169 Å². The first-order valence-corrected chi connectivity index (χ1v) is 9.50. The molecule has 3 aromatic rings. The van der Waals surface area contributed by atoms with Crippen LogP contribution in [0.5, 0.6) is 0 Å². The van der Waals surface area contributed by atoms with Gasteiger partial charge in [-0.25, -0.2) is 4.79 Å². The molecule has 4 rings (SSSR count). The molecule has 5 heteroatoms. The monoisotopic (exact) mass is 390 g/mol. The minimum absolute atomic E-state index is 0.0807. The molecule has 1 aliphatic heterocycles. The molecule has 3 atom stereocenters. The van der Waals surface area contributed by atoms with Gasteiger partial charge in [-0.05, 0) is 16.7 Å². The molecule has 148 valence electrons. The Balaban J connectivity index is 1.81. The molecule has 5 nitrogen and oxygen atoms in total. The summed E-state index contributed by atoms with van der Waals surface area (Å²) in [6.07, 6.45) is -3.83. The van der Waals surface area contributed by atoms with E-state index in [4.69, 9.17) is 9.47 Å². The smallest absolute Gasteiger partial charge is 0.338 e. The fourth-order valence-corrected chi connectivity index (χ4v) is 3.74. The van der Waals surface area contributed by atoms with Gasteiger partial charge in [0, 0.05) is 0 Å². The van der Waals surface area contributed by atoms with Gasteiger partial charge in [0.05, 0.1) is 6.61 Å². The lowest BCUT2D eigenvalue weighted by molar-refractivity contribution is -0.150. The summed E-state index contributed by atoms with van der Waals surface area (Å²) in [7, 11) is 0. The lowest BCUT2D eigenvalue weighted by atomic mass is 9.80. The second-order valence-electron chi connectivity index (χ2n) is 7.00. The maximum Gasteiger partial charge on any atom is 0.338 e. The summed E-state index contributed by atoms with van der Waals surface area (Å²) in [5, 5.41) is 19.9. The van der Waals surface area contributed by atoms with Crippen LogP contribution in [0.2, 0.25) is 0 Å². The number of carbonyl (C=O) groups excluding carboxylic acids is 1. The SMILES string of the molecule is O=C1O[C@H](COC(c2ccccc2)(c2ccccc2)c2ccccc2)[C@@H](O)[C@H]1O. The topological polar surface area (TPSA) is 76.0 Å². The van der Waals surface area contributed by atoms with Gasteiger partial charge in [0.2, 0.25) is 0 Å². The van der Waals surface area contributed by atoms with E-state index in [1.165, 1.54) is 0 Å². The second-order valence-corrected chi connectivity index (χ2v) is 7.00. The highest BCUT2D eigenvalue weighted by atomic mass is 16.6. The third kappa shape index (κ3) is 3.56. The number of rotatable bonds is 6. The Hall–Kier alpha value is -2.99. The predicted octanol–water partition coefficient (Wildman–Crippen LogP) is 2.64. The van der Waals surface area contributed by atoms with Crippen LogP contribution in [0, 0.1) is 0 Å². The molecule has 0 bridgehead atoms. The Morgan fingerprint density at radius 3 is 1.52 bits per heavy atom. The number of hydrogen-bond donors (Lipinski definition) is 2. The highest BCUT2D eigenvalue weighted by Crippen LogP contribution is 2.40. The number of aliphatic hydroxyl groups is 2. The van der Waals surface area contributed by atoms with Crippen LogP contribution in [0.15, 0.2) is 91.0 Å². The Kier molecular flexibility index (Phi) is 5.45. The van der Waals surface area contributed by atoms with Crippen LogP contribution in [-0.4, -0.2) is 41.1 Å². The van der Waals surface area contributed by atoms with Crippen LogP contribution < -0.4 is 0 Å². The van der Waals surface area contributed by atoms with Crippen LogP contribution >= 0.6 is 0 Å². The lowest BCUT2D eigenvalue weighted by Crippen LogP contribution is -2.39. The third-order valence-corrected chi connectivity index (χ3v) is 5.22. The largest absolute Gasteiger partial charge is 0.455 e. The van der Waals surface area contributed by atoms with Crippen molar-refractivity contribution < 1.29 is 24.5 Å². The minimum Gasteiger partial charge on any atom is -0.455 e. The summed E-state index contributed by atoms with van der Waals surface area (Å²) >= 11 is 0. The van der Waals surface area contributed by atoms with Crippen molar-refractivity contribution in [2.45, 2.75) is 23.9 Å². The molecule has 0 aromatic heterocycles. The van der Waals surface area contributed by atoms with Gasteiger partial charge in [-0.1, -0.05) is 91.0 Å². The maximum atomic E-state index is 11.6. The van der Waals surface area contributed by atoms with Crippen molar-refractivity contribution >= 4 is 5.97 Å². The van der Waals surface area contributed by atoms with E-state index in [1.54, 1.807) is 0 Å². The number of ether oxygens (including phenoxy) is 2. The van der Waals surface area contributed by atoms with Gasteiger partial charge < -0.3 is 19.7 Å². The van der Waals surface area contributed by atoms with E-state index in [0.29, 0.717) is 0 Å². The van der Waals surface area contributed by atoms with Crippen molar-refractivity contribution in [3.63, 3.8) is 0 Å². The number of benzene rings is 3. The number of cyclic esters (lactones) is 1. The molecule has 0 amide bonds. The maximum absolute atomic E-state index is 11.6. The molecule has 1 aliphatic rings. The minimum atomic E-state index is -1.55. The average Bonchev–Trinajstić information content (AvgIpc) is 3.03. The molecule has 3 aromatic carbocycles. The average molecular weight is 390 g/mol. The first-order chi connectivity index (χ1) is 14.1. The van der Waals surface area contributed by atoms with Crippen molar-refractivity contribution in [2.24, 2.45) is 0 Å². The van der Waals surface area contributed by atoms with E-state index >= 15 is 0 Å². The predicted molar refractivity (Wildman–Crippen MR) is 107 cm³/mol. The zero-order chi connectivity index (χ0) is 20.3. The van der Waals surface area contributed by atoms with Crippen LogP contribution in [0.1, 0.15) is 16.7 Å². The molecular formula is C24H22O5. The van der Waals surface area contributed by atoms with E-state index in [0.717, 1.165) is 16.7 Å². The molecule has 0 unspecified atom stereocenters. The summed E-state index contributed by atoms with van der Waals surface area (Å²) < 4.78 is 11.6. The Bertz CT molecular complexity index is 846. The summed E-state index contributed by atoms with van der Waals surface area (Å²) in [4.78, 5) is 11.6. The number of hydrogen-bond acceptors (Lipinski definition) is 5. The van der Waals surface area contributed by atoms with Gasteiger partial charge in [0.15, 0.2) is 12.2 Å². The zero-order valence-electron chi connectivity index (χ0n) is 15.7. The van der Waals surface area contributed by atoms with E-state index in [9.17, 15) is 15.0 Å². The molecule has 29 heavy (non-hydrogen) atoms. The van der Waals surface area contributed by atoms with E-state index < -0.39 is 29.9 Å². The number of carbonyl (C=O) groups is 1. The molecular weight excluding hydrogens is 368 g/mol. The van der Waals surface area contributed by atoms with Crippen molar-refractivity contribution in [3.8, 4) is 0 Å². The van der Waals surface area contributed by atoms with Crippen molar-refractivity contribution in [1.82, 2.24) is 0 Å².